The average molecular weight is 282 g/mol. The van der Waals surface area contributed by atoms with Gasteiger partial charge in [0.2, 0.25) is 0 Å². The van der Waals surface area contributed by atoms with E-state index in [0.717, 1.165) is 22.6 Å². The highest BCUT2D eigenvalue weighted by atomic mass is 16.5. The summed E-state index contributed by atoms with van der Waals surface area (Å²) in [5.41, 5.74) is 2.51. The topological polar surface area (TPSA) is 35.5 Å². The number of carbonyl (C=O) groups is 1. The Morgan fingerprint density at radius 2 is 1.86 bits per heavy atom. The number of methoxy groups -OCH3 is 2. The molecule has 0 bridgehead atoms. The summed E-state index contributed by atoms with van der Waals surface area (Å²) in [4.78, 5) is 12.2. The number of allylic oxidation sites excluding steroid dienone is 1. The third-order valence-corrected chi connectivity index (χ3v) is 3.20. The fourth-order valence-electron chi connectivity index (χ4n) is 2.05. The Morgan fingerprint density at radius 3 is 2.52 bits per heavy atom. The van der Waals surface area contributed by atoms with Crippen LogP contribution in [-0.4, -0.2) is 20.0 Å². The first-order valence-corrected chi connectivity index (χ1v) is 6.65. The highest BCUT2D eigenvalue weighted by Gasteiger charge is 2.05. The van der Waals surface area contributed by atoms with Crippen molar-refractivity contribution < 1.29 is 14.3 Å². The van der Waals surface area contributed by atoms with E-state index in [1.807, 2.05) is 43.3 Å². The molecule has 0 spiro atoms. The molecule has 0 aromatic heterocycles. The second-order valence-corrected chi connectivity index (χ2v) is 4.66. The molecule has 0 aliphatic heterocycles. The number of hydrogen-bond donors (Lipinski definition) is 0. The summed E-state index contributed by atoms with van der Waals surface area (Å²) in [5, 5.41) is 0. The molecule has 0 saturated carbocycles. The van der Waals surface area contributed by atoms with Gasteiger partial charge in [0.1, 0.15) is 11.5 Å². The first-order chi connectivity index (χ1) is 10.1. The van der Waals surface area contributed by atoms with Gasteiger partial charge in [-0.3, -0.25) is 4.79 Å². The molecule has 0 radical (unpaired) electrons. The van der Waals surface area contributed by atoms with Crippen LogP contribution in [0.5, 0.6) is 11.5 Å². The van der Waals surface area contributed by atoms with Crippen LogP contribution in [0.2, 0.25) is 0 Å². The monoisotopic (exact) mass is 282 g/mol. The zero-order valence-electron chi connectivity index (χ0n) is 12.4. The van der Waals surface area contributed by atoms with Crippen LogP contribution in [0.25, 0.3) is 6.08 Å². The van der Waals surface area contributed by atoms with Crippen LogP contribution in [0.4, 0.5) is 0 Å². The number of hydrogen-bond acceptors (Lipinski definition) is 3. The molecule has 0 unspecified atom stereocenters. The van der Waals surface area contributed by atoms with Crippen molar-refractivity contribution in [2.75, 3.05) is 14.2 Å². The van der Waals surface area contributed by atoms with Crippen LogP contribution in [0.1, 0.15) is 21.5 Å². The van der Waals surface area contributed by atoms with Crippen molar-refractivity contribution in [1.29, 1.82) is 0 Å². The molecule has 0 saturated heterocycles. The van der Waals surface area contributed by atoms with Gasteiger partial charge < -0.3 is 9.47 Å². The maximum atomic E-state index is 12.2. The summed E-state index contributed by atoms with van der Waals surface area (Å²) in [6, 6.07) is 13.0. The molecule has 0 atom stereocenters. The van der Waals surface area contributed by atoms with Gasteiger partial charge in [-0.15, -0.1) is 0 Å². The highest BCUT2D eigenvalue weighted by molar-refractivity contribution is 6.07. The Bertz CT molecular complexity index is 672. The Hall–Kier alpha value is -2.55. The van der Waals surface area contributed by atoms with E-state index in [-0.39, 0.29) is 5.78 Å². The first-order valence-electron chi connectivity index (χ1n) is 6.65. The van der Waals surface area contributed by atoms with Crippen molar-refractivity contribution in [3.8, 4) is 11.5 Å². The van der Waals surface area contributed by atoms with E-state index in [1.165, 1.54) is 0 Å². The molecule has 0 aliphatic carbocycles. The second-order valence-electron chi connectivity index (χ2n) is 4.66. The fourth-order valence-corrected chi connectivity index (χ4v) is 2.05. The molecule has 108 valence electrons. The van der Waals surface area contributed by atoms with Crippen LogP contribution in [-0.2, 0) is 0 Å². The average Bonchev–Trinajstić information content (AvgIpc) is 2.52. The third-order valence-electron chi connectivity index (χ3n) is 3.20. The smallest absolute Gasteiger partial charge is 0.185 e. The van der Waals surface area contributed by atoms with Gasteiger partial charge in [0.05, 0.1) is 14.2 Å². The molecule has 0 fully saturated rings. The van der Waals surface area contributed by atoms with Gasteiger partial charge in [-0.2, -0.15) is 0 Å². The predicted octanol–water partition coefficient (Wildman–Crippen LogP) is 3.91. The van der Waals surface area contributed by atoms with Crippen LogP contribution >= 0.6 is 0 Å². The lowest BCUT2D eigenvalue weighted by Gasteiger charge is -2.05. The lowest BCUT2D eigenvalue weighted by Crippen LogP contribution is -1.96. The maximum absolute atomic E-state index is 12.2. The SMILES string of the molecule is COc1cccc(/C=C/C(=O)c2ccc(OC)c(C)c2)c1. The van der Waals surface area contributed by atoms with Gasteiger partial charge in [0.15, 0.2) is 5.78 Å². The van der Waals surface area contributed by atoms with Gasteiger partial charge in [0.25, 0.3) is 0 Å². The molecule has 2 aromatic carbocycles. The second kappa shape index (κ2) is 6.75. The van der Waals surface area contributed by atoms with Crippen molar-refractivity contribution in [1.82, 2.24) is 0 Å². The molecule has 0 aliphatic rings. The molecule has 3 nitrogen and oxygen atoms in total. The normalized spacial score (nSPS) is 10.6. The Morgan fingerprint density at radius 1 is 1.05 bits per heavy atom. The predicted molar refractivity (Wildman–Crippen MR) is 84.1 cm³/mol. The van der Waals surface area contributed by atoms with E-state index in [9.17, 15) is 4.79 Å². The Kier molecular flexibility index (Phi) is 4.77. The van der Waals surface area contributed by atoms with Crippen LogP contribution < -0.4 is 9.47 Å². The van der Waals surface area contributed by atoms with Crippen molar-refractivity contribution in [3.63, 3.8) is 0 Å². The number of ketones is 1. The molecule has 2 rings (SSSR count). The Balaban J connectivity index is 2.17. The molecule has 0 N–H and O–H groups in total. The van der Waals surface area contributed by atoms with E-state index >= 15 is 0 Å². The van der Waals surface area contributed by atoms with E-state index in [1.54, 1.807) is 32.4 Å². The molecule has 0 amide bonds. The number of rotatable bonds is 5. The van der Waals surface area contributed by atoms with Gasteiger partial charge in [-0.1, -0.05) is 18.2 Å². The van der Waals surface area contributed by atoms with Crippen molar-refractivity contribution in [2.45, 2.75) is 6.92 Å². The van der Waals surface area contributed by atoms with E-state index in [4.69, 9.17) is 9.47 Å². The lowest BCUT2D eigenvalue weighted by atomic mass is 10.1. The van der Waals surface area contributed by atoms with Gasteiger partial charge in [-0.05, 0) is 54.5 Å². The number of benzene rings is 2. The largest absolute Gasteiger partial charge is 0.497 e. The van der Waals surface area contributed by atoms with Crippen molar-refractivity contribution >= 4 is 11.9 Å². The highest BCUT2D eigenvalue weighted by Crippen LogP contribution is 2.19. The van der Waals surface area contributed by atoms with Gasteiger partial charge >= 0.3 is 0 Å². The minimum atomic E-state index is -0.0384. The van der Waals surface area contributed by atoms with E-state index < -0.39 is 0 Å². The van der Waals surface area contributed by atoms with Gasteiger partial charge in [-0.25, -0.2) is 0 Å². The molecule has 21 heavy (non-hydrogen) atoms. The number of ether oxygens (including phenoxy) is 2. The summed E-state index contributed by atoms with van der Waals surface area (Å²) in [7, 11) is 3.24. The fraction of sp³-hybridized carbons (Fsp3) is 0.167. The Labute approximate surface area is 124 Å². The molecule has 3 heteroatoms. The van der Waals surface area contributed by atoms with Gasteiger partial charge in [0, 0.05) is 5.56 Å². The van der Waals surface area contributed by atoms with Crippen LogP contribution in [0.15, 0.2) is 48.5 Å². The summed E-state index contributed by atoms with van der Waals surface area (Å²) < 4.78 is 10.3. The van der Waals surface area contributed by atoms with Crippen LogP contribution in [0.3, 0.4) is 0 Å². The zero-order chi connectivity index (χ0) is 15.2. The lowest BCUT2D eigenvalue weighted by molar-refractivity contribution is 0.104. The summed E-state index contributed by atoms with van der Waals surface area (Å²) in [6.45, 7) is 1.92. The molecular weight excluding hydrogens is 264 g/mol. The molecule has 2 aromatic rings. The number of carbonyl (C=O) groups excluding carboxylic acids is 1. The summed E-state index contributed by atoms with van der Waals surface area (Å²) in [5.74, 6) is 1.51. The maximum Gasteiger partial charge on any atom is 0.185 e. The standard InChI is InChI=1S/C18H18O3/c1-13-11-15(8-10-18(13)21-3)17(19)9-7-14-5-4-6-16(12-14)20-2/h4-12H,1-3H3/b9-7+. The molecule has 0 heterocycles. The molecular formula is C18H18O3. The third kappa shape index (κ3) is 3.72. The summed E-state index contributed by atoms with van der Waals surface area (Å²) >= 11 is 0. The summed E-state index contributed by atoms with van der Waals surface area (Å²) in [6.07, 6.45) is 3.35. The van der Waals surface area contributed by atoms with Crippen LogP contribution in [0, 0.1) is 6.92 Å². The van der Waals surface area contributed by atoms with E-state index in [2.05, 4.69) is 0 Å². The van der Waals surface area contributed by atoms with Crippen molar-refractivity contribution in [3.05, 3.63) is 65.2 Å². The minimum absolute atomic E-state index is 0.0384. The number of aryl methyl sites for hydroxylation is 1. The zero-order valence-corrected chi connectivity index (χ0v) is 12.4. The first kappa shape index (κ1) is 14.9. The van der Waals surface area contributed by atoms with Crippen molar-refractivity contribution in [2.24, 2.45) is 0 Å². The van der Waals surface area contributed by atoms with E-state index in [0.29, 0.717) is 5.56 Å². The quantitative estimate of drug-likeness (QED) is 0.616. The minimum Gasteiger partial charge on any atom is -0.497 e.